The van der Waals surface area contributed by atoms with E-state index in [0.717, 1.165) is 0 Å². The van der Waals surface area contributed by atoms with Gasteiger partial charge < -0.3 is 20.3 Å². The normalized spacial score (nSPS) is 24.5. The summed E-state index contributed by atoms with van der Waals surface area (Å²) in [5.74, 6) is 0.325. The Balaban J connectivity index is 1.99. The van der Waals surface area contributed by atoms with Gasteiger partial charge in [0.2, 0.25) is 0 Å². The van der Waals surface area contributed by atoms with Crippen molar-refractivity contribution in [3.8, 4) is 0 Å². The van der Waals surface area contributed by atoms with Gasteiger partial charge in [-0.3, -0.25) is 4.57 Å². The minimum Gasteiger partial charge on any atom is -0.391 e. The molecule has 0 spiro atoms. The number of anilines is 1. The third-order valence-electron chi connectivity index (χ3n) is 2.58. The fourth-order valence-electron chi connectivity index (χ4n) is 1.77. The second-order valence-electron chi connectivity index (χ2n) is 3.62. The molecule has 2 aromatic rings. The summed E-state index contributed by atoms with van der Waals surface area (Å²) in [6, 6.07) is 0. The van der Waals surface area contributed by atoms with Crippen LogP contribution >= 0.6 is 0 Å². The second-order valence-corrected chi connectivity index (χ2v) is 3.62. The molecule has 0 aromatic carbocycles. The largest absolute Gasteiger partial charge is 0.391 e. The molecule has 8 heteroatoms. The number of nitrogens with zero attached hydrogens (tertiary/aromatic N) is 4. The number of hydrogen-bond donors (Lipinski definition) is 2. The van der Waals surface area contributed by atoms with E-state index in [9.17, 15) is 0 Å². The molecule has 0 unspecified atom stereocenters. The summed E-state index contributed by atoms with van der Waals surface area (Å²) in [4.78, 5) is 12.1. The lowest BCUT2D eigenvalue weighted by molar-refractivity contribution is -0.0980. The number of nitrogen functional groups attached to an aromatic ring is 1. The SMILES string of the molecule is Nc1ncnc2c1ncn2[C@@H]1CO[C@H](CO)O1. The number of fused-ring (bicyclic) bond motifs is 1. The van der Waals surface area contributed by atoms with Gasteiger partial charge in [-0.15, -0.1) is 0 Å². The number of nitrogens with two attached hydrogens (primary N) is 1. The first-order valence-electron chi connectivity index (χ1n) is 5.10. The van der Waals surface area contributed by atoms with Gasteiger partial charge in [-0.1, -0.05) is 0 Å². The number of ether oxygens (including phenoxy) is 2. The molecule has 3 N–H and O–H groups in total. The molecule has 90 valence electrons. The molecule has 8 nitrogen and oxygen atoms in total. The van der Waals surface area contributed by atoms with Gasteiger partial charge in [0.1, 0.15) is 11.8 Å². The van der Waals surface area contributed by atoms with E-state index < -0.39 is 6.29 Å². The van der Waals surface area contributed by atoms with E-state index in [2.05, 4.69) is 15.0 Å². The van der Waals surface area contributed by atoms with Gasteiger partial charge in [0, 0.05) is 0 Å². The van der Waals surface area contributed by atoms with Crippen molar-refractivity contribution in [1.29, 1.82) is 0 Å². The summed E-state index contributed by atoms with van der Waals surface area (Å²) < 4.78 is 12.4. The topological polar surface area (TPSA) is 108 Å². The molecule has 3 heterocycles. The van der Waals surface area contributed by atoms with Crippen LogP contribution in [0, 0.1) is 0 Å². The Hall–Kier alpha value is -1.77. The van der Waals surface area contributed by atoms with Crippen LogP contribution in [0.1, 0.15) is 6.23 Å². The highest BCUT2D eigenvalue weighted by Gasteiger charge is 2.28. The molecular formula is C9H11N5O3. The van der Waals surface area contributed by atoms with Gasteiger partial charge in [0.25, 0.3) is 0 Å². The number of imidazole rings is 1. The van der Waals surface area contributed by atoms with Crippen LogP contribution in [0.4, 0.5) is 5.82 Å². The Labute approximate surface area is 96.0 Å². The van der Waals surface area contributed by atoms with Crippen molar-refractivity contribution >= 4 is 17.0 Å². The van der Waals surface area contributed by atoms with Crippen molar-refractivity contribution < 1.29 is 14.6 Å². The van der Waals surface area contributed by atoms with Crippen molar-refractivity contribution in [2.24, 2.45) is 0 Å². The van der Waals surface area contributed by atoms with Gasteiger partial charge in [0.15, 0.2) is 24.0 Å². The van der Waals surface area contributed by atoms with Gasteiger partial charge in [0.05, 0.1) is 19.5 Å². The highest BCUT2D eigenvalue weighted by molar-refractivity contribution is 5.81. The first kappa shape index (κ1) is 10.4. The maximum Gasteiger partial charge on any atom is 0.183 e. The first-order chi connectivity index (χ1) is 8.29. The summed E-state index contributed by atoms with van der Waals surface area (Å²) >= 11 is 0. The van der Waals surface area contributed by atoms with Gasteiger partial charge in [-0.05, 0) is 0 Å². The average molecular weight is 237 g/mol. The molecule has 1 saturated heterocycles. The summed E-state index contributed by atoms with van der Waals surface area (Å²) in [5, 5.41) is 8.92. The Morgan fingerprint density at radius 3 is 3.12 bits per heavy atom. The Morgan fingerprint density at radius 1 is 1.47 bits per heavy atom. The van der Waals surface area contributed by atoms with Crippen molar-refractivity contribution in [2.75, 3.05) is 18.9 Å². The molecule has 1 fully saturated rings. The number of rotatable bonds is 2. The fourth-order valence-corrected chi connectivity index (χ4v) is 1.77. The van der Waals surface area contributed by atoms with E-state index in [1.54, 1.807) is 10.9 Å². The monoisotopic (exact) mass is 237 g/mol. The summed E-state index contributed by atoms with van der Waals surface area (Å²) in [7, 11) is 0. The third kappa shape index (κ3) is 1.62. The van der Waals surface area contributed by atoms with E-state index in [1.807, 2.05) is 0 Å². The molecule has 0 bridgehead atoms. The van der Waals surface area contributed by atoms with E-state index in [4.69, 9.17) is 20.3 Å². The predicted molar refractivity (Wildman–Crippen MR) is 56.7 cm³/mol. The maximum atomic E-state index is 8.92. The number of aliphatic hydroxyl groups is 1. The highest BCUT2D eigenvalue weighted by Crippen LogP contribution is 2.25. The lowest BCUT2D eigenvalue weighted by Gasteiger charge is -2.11. The molecule has 1 aliphatic rings. The third-order valence-corrected chi connectivity index (χ3v) is 2.58. The van der Waals surface area contributed by atoms with E-state index in [-0.39, 0.29) is 12.8 Å². The Morgan fingerprint density at radius 2 is 2.35 bits per heavy atom. The highest BCUT2D eigenvalue weighted by atomic mass is 16.7. The van der Waals surface area contributed by atoms with Crippen LogP contribution in [0.3, 0.4) is 0 Å². The molecule has 0 saturated carbocycles. The minimum atomic E-state index is -0.600. The molecule has 3 rings (SSSR count). The Kier molecular flexibility index (Phi) is 2.39. The standard InChI is InChI=1S/C9H11N5O3/c10-8-7-9(12-3-11-8)14(4-13-7)5-2-16-6(1-15)17-5/h3-6,15H,1-2H2,(H2,10,11,12)/t5-,6-/m0/s1. The molecule has 17 heavy (non-hydrogen) atoms. The van der Waals surface area contributed by atoms with Crippen LogP contribution < -0.4 is 5.73 Å². The van der Waals surface area contributed by atoms with Gasteiger partial charge >= 0.3 is 0 Å². The van der Waals surface area contributed by atoms with Crippen LogP contribution in [0.15, 0.2) is 12.7 Å². The van der Waals surface area contributed by atoms with E-state index >= 15 is 0 Å². The zero-order valence-electron chi connectivity index (χ0n) is 8.85. The number of hydrogen-bond acceptors (Lipinski definition) is 7. The van der Waals surface area contributed by atoms with Gasteiger partial charge in [-0.2, -0.15) is 0 Å². The quantitative estimate of drug-likeness (QED) is 0.708. The van der Waals surface area contributed by atoms with Crippen molar-refractivity contribution in [1.82, 2.24) is 19.5 Å². The Bertz CT molecular complexity index is 542. The second kappa shape index (κ2) is 3.91. The molecule has 0 aliphatic carbocycles. The molecule has 0 radical (unpaired) electrons. The van der Waals surface area contributed by atoms with Crippen LogP contribution in [0.25, 0.3) is 11.2 Å². The molecule has 0 amide bonds. The molecule has 1 aliphatic heterocycles. The lowest BCUT2D eigenvalue weighted by atomic mass is 10.5. The smallest absolute Gasteiger partial charge is 0.183 e. The lowest BCUT2D eigenvalue weighted by Crippen LogP contribution is -2.15. The summed E-state index contributed by atoms with van der Waals surface area (Å²) in [6.07, 6.45) is 1.99. The molecular weight excluding hydrogens is 226 g/mol. The number of aromatic nitrogens is 4. The van der Waals surface area contributed by atoms with Crippen LogP contribution in [0.5, 0.6) is 0 Å². The van der Waals surface area contributed by atoms with Crippen LogP contribution in [-0.2, 0) is 9.47 Å². The van der Waals surface area contributed by atoms with Crippen molar-refractivity contribution in [3.05, 3.63) is 12.7 Å². The minimum absolute atomic E-state index is 0.180. The van der Waals surface area contributed by atoms with Crippen molar-refractivity contribution in [2.45, 2.75) is 12.5 Å². The van der Waals surface area contributed by atoms with Crippen molar-refractivity contribution in [3.63, 3.8) is 0 Å². The fraction of sp³-hybridized carbons (Fsp3) is 0.444. The van der Waals surface area contributed by atoms with E-state index in [1.165, 1.54) is 6.33 Å². The van der Waals surface area contributed by atoms with E-state index in [0.29, 0.717) is 23.6 Å². The molecule has 2 aromatic heterocycles. The van der Waals surface area contributed by atoms with Crippen LogP contribution in [-0.4, -0.2) is 44.1 Å². The predicted octanol–water partition coefficient (Wildman–Crippen LogP) is -0.728. The maximum absolute atomic E-state index is 8.92. The zero-order valence-corrected chi connectivity index (χ0v) is 8.85. The summed E-state index contributed by atoms with van der Waals surface area (Å²) in [6.45, 7) is 0.154. The van der Waals surface area contributed by atoms with Gasteiger partial charge in [-0.25, -0.2) is 15.0 Å². The summed E-state index contributed by atoms with van der Waals surface area (Å²) in [5.41, 5.74) is 6.80. The molecule has 2 atom stereocenters. The van der Waals surface area contributed by atoms with Crippen LogP contribution in [0.2, 0.25) is 0 Å². The zero-order chi connectivity index (χ0) is 11.8. The number of aliphatic hydroxyl groups excluding tert-OH is 1. The first-order valence-corrected chi connectivity index (χ1v) is 5.10. The average Bonchev–Trinajstić information content (AvgIpc) is 2.94.